The molecule has 0 saturated carbocycles. The highest BCUT2D eigenvalue weighted by Gasteiger charge is 2.17. The van der Waals surface area contributed by atoms with Gasteiger partial charge in [-0.2, -0.15) is 0 Å². The first-order chi connectivity index (χ1) is 6.77. The van der Waals surface area contributed by atoms with Gasteiger partial charge in [-0.15, -0.1) is 12.4 Å². The summed E-state index contributed by atoms with van der Waals surface area (Å²) < 4.78 is 0. The molecule has 15 heavy (non-hydrogen) atoms. The predicted octanol–water partition coefficient (Wildman–Crippen LogP) is 2.94. The van der Waals surface area contributed by atoms with Crippen molar-refractivity contribution >= 4 is 12.4 Å². The number of phenolic OH excluding ortho intramolecular Hbond substituents is 1. The molecule has 1 aliphatic rings. The Morgan fingerprint density at radius 1 is 1.33 bits per heavy atom. The van der Waals surface area contributed by atoms with Crippen LogP contribution >= 0.6 is 12.4 Å². The van der Waals surface area contributed by atoms with E-state index >= 15 is 0 Å². The fourth-order valence-corrected chi connectivity index (χ4v) is 2.07. The lowest BCUT2D eigenvalue weighted by Crippen LogP contribution is -2.26. The molecular formula is C12H18ClNO. The molecular weight excluding hydrogens is 210 g/mol. The van der Waals surface area contributed by atoms with Crippen molar-refractivity contribution < 1.29 is 5.11 Å². The van der Waals surface area contributed by atoms with E-state index in [9.17, 15) is 5.11 Å². The first kappa shape index (κ1) is 12.3. The van der Waals surface area contributed by atoms with Gasteiger partial charge in [0.15, 0.2) is 0 Å². The number of hydrogen-bond acceptors (Lipinski definition) is 2. The van der Waals surface area contributed by atoms with Gasteiger partial charge in [-0.05, 0) is 37.9 Å². The molecule has 0 unspecified atom stereocenters. The standard InChI is InChI=1S/C12H17NO.ClH/c1-9-5-6-10(12(14)8-9)11-4-2-3-7-13-11;/h5-6,8,11,13-14H,2-4,7H2,1H3;1H/t11-;/m1./s1. The topological polar surface area (TPSA) is 32.3 Å². The van der Waals surface area contributed by atoms with Crippen LogP contribution in [0.3, 0.4) is 0 Å². The summed E-state index contributed by atoms with van der Waals surface area (Å²) in [7, 11) is 0. The van der Waals surface area contributed by atoms with E-state index in [4.69, 9.17) is 0 Å². The number of rotatable bonds is 1. The molecule has 0 aliphatic carbocycles. The zero-order valence-corrected chi connectivity index (χ0v) is 9.81. The van der Waals surface area contributed by atoms with Crippen molar-refractivity contribution in [1.29, 1.82) is 0 Å². The fourth-order valence-electron chi connectivity index (χ4n) is 2.07. The SMILES string of the molecule is Cc1ccc([C@H]2CCCCN2)c(O)c1.Cl. The average molecular weight is 228 g/mol. The van der Waals surface area contributed by atoms with Gasteiger partial charge < -0.3 is 10.4 Å². The van der Waals surface area contributed by atoms with Crippen molar-refractivity contribution in [2.75, 3.05) is 6.54 Å². The van der Waals surface area contributed by atoms with Gasteiger partial charge in [0.05, 0.1) is 0 Å². The summed E-state index contributed by atoms with van der Waals surface area (Å²) >= 11 is 0. The summed E-state index contributed by atoms with van der Waals surface area (Å²) in [5, 5.41) is 13.2. The molecule has 84 valence electrons. The summed E-state index contributed by atoms with van der Waals surface area (Å²) in [5.74, 6) is 0.435. The summed E-state index contributed by atoms with van der Waals surface area (Å²) in [5.41, 5.74) is 2.16. The van der Waals surface area contributed by atoms with Gasteiger partial charge in [0, 0.05) is 11.6 Å². The normalized spacial score (nSPS) is 20.7. The molecule has 0 aromatic heterocycles. The lowest BCUT2D eigenvalue weighted by atomic mass is 9.96. The van der Waals surface area contributed by atoms with Crippen molar-refractivity contribution in [3.05, 3.63) is 29.3 Å². The van der Waals surface area contributed by atoms with Crippen LogP contribution in [-0.4, -0.2) is 11.7 Å². The van der Waals surface area contributed by atoms with Gasteiger partial charge in [0.25, 0.3) is 0 Å². The third-order valence-corrected chi connectivity index (χ3v) is 2.87. The summed E-state index contributed by atoms with van der Waals surface area (Å²) in [6, 6.07) is 6.29. The van der Waals surface area contributed by atoms with Crippen LogP contribution in [0.15, 0.2) is 18.2 Å². The third kappa shape index (κ3) is 2.86. The molecule has 3 heteroatoms. The number of aromatic hydroxyl groups is 1. The van der Waals surface area contributed by atoms with E-state index in [0.29, 0.717) is 11.8 Å². The van der Waals surface area contributed by atoms with Crippen LogP contribution in [-0.2, 0) is 0 Å². The maximum atomic E-state index is 9.80. The van der Waals surface area contributed by atoms with E-state index in [-0.39, 0.29) is 12.4 Å². The maximum Gasteiger partial charge on any atom is 0.120 e. The highest BCUT2D eigenvalue weighted by Crippen LogP contribution is 2.30. The molecule has 1 fully saturated rings. The van der Waals surface area contributed by atoms with Crippen molar-refractivity contribution in [1.82, 2.24) is 5.32 Å². The van der Waals surface area contributed by atoms with Crippen LogP contribution < -0.4 is 5.32 Å². The summed E-state index contributed by atoms with van der Waals surface area (Å²) in [6.07, 6.45) is 3.64. The van der Waals surface area contributed by atoms with E-state index in [2.05, 4.69) is 11.4 Å². The Balaban J connectivity index is 0.00000112. The number of piperidine rings is 1. The Morgan fingerprint density at radius 2 is 2.13 bits per heavy atom. The maximum absolute atomic E-state index is 9.80. The smallest absolute Gasteiger partial charge is 0.120 e. The Bertz CT molecular complexity index is 321. The van der Waals surface area contributed by atoms with Crippen LogP contribution in [0.2, 0.25) is 0 Å². The van der Waals surface area contributed by atoms with Crippen LogP contribution in [0.1, 0.15) is 36.4 Å². The predicted molar refractivity (Wildman–Crippen MR) is 64.7 cm³/mol. The third-order valence-electron chi connectivity index (χ3n) is 2.87. The van der Waals surface area contributed by atoms with E-state index in [1.54, 1.807) is 0 Å². The molecule has 1 atom stereocenters. The molecule has 2 N–H and O–H groups in total. The first-order valence-electron chi connectivity index (χ1n) is 5.30. The Labute approximate surface area is 97.1 Å². The largest absolute Gasteiger partial charge is 0.508 e. The Kier molecular flexibility index (Phi) is 4.43. The minimum absolute atomic E-state index is 0. The minimum Gasteiger partial charge on any atom is -0.508 e. The molecule has 1 heterocycles. The molecule has 0 radical (unpaired) electrons. The van der Waals surface area contributed by atoms with Crippen LogP contribution in [0.5, 0.6) is 5.75 Å². The highest BCUT2D eigenvalue weighted by atomic mass is 35.5. The molecule has 2 nitrogen and oxygen atoms in total. The zero-order chi connectivity index (χ0) is 9.97. The number of hydrogen-bond donors (Lipinski definition) is 2. The monoisotopic (exact) mass is 227 g/mol. The van der Waals surface area contributed by atoms with Gasteiger partial charge in [-0.1, -0.05) is 18.6 Å². The molecule has 1 aliphatic heterocycles. The average Bonchev–Trinajstić information content (AvgIpc) is 2.19. The highest BCUT2D eigenvalue weighted by molar-refractivity contribution is 5.85. The van der Waals surface area contributed by atoms with Gasteiger partial charge in [0.2, 0.25) is 0 Å². The molecule has 0 amide bonds. The lowest BCUT2D eigenvalue weighted by molar-refractivity contribution is 0.391. The molecule has 0 spiro atoms. The number of benzene rings is 1. The van der Waals surface area contributed by atoms with Crippen LogP contribution in [0.4, 0.5) is 0 Å². The quantitative estimate of drug-likeness (QED) is 0.773. The molecule has 0 bridgehead atoms. The summed E-state index contributed by atoms with van der Waals surface area (Å²) in [4.78, 5) is 0. The molecule has 2 rings (SSSR count). The van der Waals surface area contributed by atoms with Crippen LogP contribution in [0.25, 0.3) is 0 Å². The van der Waals surface area contributed by atoms with Crippen molar-refractivity contribution in [3.8, 4) is 5.75 Å². The molecule has 1 saturated heterocycles. The van der Waals surface area contributed by atoms with Gasteiger partial charge >= 0.3 is 0 Å². The van der Waals surface area contributed by atoms with E-state index in [1.807, 2.05) is 19.1 Å². The Morgan fingerprint density at radius 3 is 2.73 bits per heavy atom. The van der Waals surface area contributed by atoms with Gasteiger partial charge in [0.1, 0.15) is 5.75 Å². The summed E-state index contributed by atoms with van der Waals surface area (Å²) in [6.45, 7) is 3.07. The van der Waals surface area contributed by atoms with Crippen molar-refractivity contribution in [3.63, 3.8) is 0 Å². The lowest BCUT2D eigenvalue weighted by Gasteiger charge is -2.24. The second kappa shape index (κ2) is 5.38. The van der Waals surface area contributed by atoms with Gasteiger partial charge in [-0.3, -0.25) is 0 Å². The van der Waals surface area contributed by atoms with Gasteiger partial charge in [-0.25, -0.2) is 0 Å². The first-order valence-corrected chi connectivity index (χ1v) is 5.30. The molecule has 1 aromatic rings. The Hall–Kier alpha value is -0.730. The second-order valence-corrected chi connectivity index (χ2v) is 4.06. The van der Waals surface area contributed by atoms with Crippen LogP contribution in [0, 0.1) is 6.92 Å². The molecule has 1 aromatic carbocycles. The number of nitrogens with one attached hydrogen (secondary N) is 1. The number of aryl methyl sites for hydroxylation is 1. The van der Waals surface area contributed by atoms with Crippen molar-refractivity contribution in [2.24, 2.45) is 0 Å². The fraction of sp³-hybridized carbons (Fsp3) is 0.500. The zero-order valence-electron chi connectivity index (χ0n) is 8.99. The van der Waals surface area contributed by atoms with E-state index in [1.165, 1.54) is 12.8 Å². The van der Waals surface area contributed by atoms with E-state index in [0.717, 1.165) is 24.1 Å². The second-order valence-electron chi connectivity index (χ2n) is 4.06. The van der Waals surface area contributed by atoms with Crippen molar-refractivity contribution in [2.45, 2.75) is 32.2 Å². The minimum atomic E-state index is 0. The number of halogens is 1. The number of phenols is 1. The van der Waals surface area contributed by atoms with E-state index < -0.39 is 0 Å².